The van der Waals surface area contributed by atoms with Crippen molar-refractivity contribution in [2.45, 2.75) is 25.6 Å². The number of imidazole rings is 1. The van der Waals surface area contributed by atoms with Gasteiger partial charge in [0.25, 0.3) is 0 Å². The molecule has 8 nitrogen and oxygen atoms in total. The third kappa shape index (κ3) is 3.36. The Kier molecular flexibility index (Phi) is 4.90. The Bertz CT molecular complexity index is 1470. The fourth-order valence-electron chi connectivity index (χ4n) is 4.75. The van der Waals surface area contributed by atoms with Gasteiger partial charge in [0.15, 0.2) is 11.3 Å². The van der Waals surface area contributed by atoms with Crippen LogP contribution in [0.4, 0.5) is 10.3 Å². The third-order valence-corrected chi connectivity index (χ3v) is 6.45. The van der Waals surface area contributed by atoms with Gasteiger partial charge in [0.05, 0.1) is 12.8 Å². The van der Waals surface area contributed by atoms with Crippen molar-refractivity contribution in [2.75, 3.05) is 18.5 Å². The largest absolute Gasteiger partial charge is 0.493 e. The number of aliphatic hydroxyl groups is 1. The van der Waals surface area contributed by atoms with Gasteiger partial charge in [0.2, 0.25) is 5.95 Å². The van der Waals surface area contributed by atoms with Crippen molar-refractivity contribution in [1.29, 1.82) is 5.26 Å². The maximum atomic E-state index is 14.6. The number of halogens is 1. The van der Waals surface area contributed by atoms with Crippen LogP contribution in [0.3, 0.4) is 0 Å². The van der Waals surface area contributed by atoms with Gasteiger partial charge in [-0.25, -0.2) is 14.4 Å². The zero-order valence-corrected chi connectivity index (χ0v) is 18.2. The summed E-state index contributed by atoms with van der Waals surface area (Å²) in [5.74, 6) is 0.883. The standard InChI is InChI=1S/C25H21FN6O2/c26-21-3-4-22-18(6-8-34-22)20(21)12-30-25-29-11-19(23-31-16(10-27)13-32(23)25)14-1-2-17-15(9-14)5-7-28-24(17)33/h1-4,9,11,13,24,28,33H,5-8,12H2,(H,29,30). The molecule has 0 saturated carbocycles. The first kappa shape index (κ1) is 20.6. The molecule has 3 N–H and O–H groups in total. The van der Waals surface area contributed by atoms with Crippen LogP contribution in [0.5, 0.6) is 5.75 Å². The number of fused-ring (bicyclic) bond motifs is 3. The van der Waals surface area contributed by atoms with E-state index in [9.17, 15) is 14.8 Å². The highest BCUT2D eigenvalue weighted by Gasteiger charge is 2.21. The van der Waals surface area contributed by atoms with E-state index >= 15 is 0 Å². The van der Waals surface area contributed by atoms with Crippen molar-refractivity contribution in [2.24, 2.45) is 0 Å². The van der Waals surface area contributed by atoms with Gasteiger partial charge >= 0.3 is 0 Å². The van der Waals surface area contributed by atoms with Gasteiger partial charge in [0, 0.05) is 42.4 Å². The molecule has 0 spiro atoms. The van der Waals surface area contributed by atoms with Crippen LogP contribution < -0.4 is 15.4 Å². The van der Waals surface area contributed by atoms with E-state index in [-0.39, 0.29) is 18.1 Å². The van der Waals surface area contributed by atoms with E-state index in [0.29, 0.717) is 42.5 Å². The van der Waals surface area contributed by atoms with Crippen LogP contribution in [0.1, 0.15) is 34.2 Å². The second-order valence-corrected chi connectivity index (χ2v) is 8.40. The minimum atomic E-state index is -0.677. The highest BCUT2D eigenvalue weighted by Crippen LogP contribution is 2.32. The molecular formula is C25H21FN6O2. The van der Waals surface area contributed by atoms with Gasteiger partial charge in [0.1, 0.15) is 23.9 Å². The molecule has 6 rings (SSSR count). The van der Waals surface area contributed by atoms with Crippen molar-refractivity contribution < 1.29 is 14.2 Å². The number of nitrogens with one attached hydrogen (secondary N) is 2. The number of hydrogen-bond acceptors (Lipinski definition) is 7. The zero-order valence-electron chi connectivity index (χ0n) is 18.2. The van der Waals surface area contributed by atoms with E-state index in [1.165, 1.54) is 6.07 Å². The van der Waals surface area contributed by atoms with E-state index in [0.717, 1.165) is 34.2 Å². The summed E-state index contributed by atoms with van der Waals surface area (Å²) in [6.07, 6.45) is 4.12. The average Bonchev–Trinajstić information content (AvgIpc) is 3.51. The monoisotopic (exact) mass is 456 g/mol. The van der Waals surface area contributed by atoms with Crippen molar-refractivity contribution in [1.82, 2.24) is 19.7 Å². The summed E-state index contributed by atoms with van der Waals surface area (Å²) < 4.78 is 21.9. The predicted octanol–water partition coefficient (Wildman–Crippen LogP) is 3.09. The summed E-state index contributed by atoms with van der Waals surface area (Å²) in [5.41, 5.74) is 5.84. The molecule has 2 aliphatic rings. The fourth-order valence-corrected chi connectivity index (χ4v) is 4.75. The smallest absolute Gasteiger partial charge is 0.208 e. The van der Waals surface area contributed by atoms with Gasteiger partial charge in [-0.15, -0.1) is 0 Å². The summed E-state index contributed by atoms with van der Waals surface area (Å²) >= 11 is 0. The molecule has 0 fully saturated rings. The first-order valence-corrected chi connectivity index (χ1v) is 11.1. The molecule has 0 radical (unpaired) electrons. The Balaban J connectivity index is 1.39. The highest BCUT2D eigenvalue weighted by atomic mass is 19.1. The first-order valence-electron chi connectivity index (χ1n) is 11.1. The van der Waals surface area contributed by atoms with Crippen molar-refractivity contribution in [3.05, 3.63) is 76.5 Å². The lowest BCUT2D eigenvalue weighted by atomic mass is 9.95. The van der Waals surface area contributed by atoms with Gasteiger partial charge in [-0.2, -0.15) is 5.26 Å². The van der Waals surface area contributed by atoms with Crippen molar-refractivity contribution in [3.63, 3.8) is 0 Å². The van der Waals surface area contributed by atoms with Gasteiger partial charge < -0.3 is 15.2 Å². The maximum absolute atomic E-state index is 14.6. The molecular weight excluding hydrogens is 435 g/mol. The maximum Gasteiger partial charge on any atom is 0.208 e. The van der Waals surface area contributed by atoms with Crippen molar-refractivity contribution in [3.8, 4) is 22.9 Å². The number of nitrogens with zero attached hydrogens (tertiary/aromatic N) is 4. The Morgan fingerprint density at radius 1 is 1.29 bits per heavy atom. The van der Waals surface area contributed by atoms with E-state index in [4.69, 9.17) is 4.74 Å². The van der Waals surface area contributed by atoms with Crippen LogP contribution in [0, 0.1) is 17.1 Å². The Hall–Kier alpha value is -4.00. The number of aromatic nitrogens is 3. The molecule has 9 heteroatoms. The fraction of sp³-hybridized carbons (Fsp3) is 0.240. The molecule has 34 heavy (non-hydrogen) atoms. The molecule has 4 heterocycles. The number of anilines is 1. The summed E-state index contributed by atoms with van der Waals surface area (Å²) in [6.45, 7) is 1.47. The number of hydrogen-bond donors (Lipinski definition) is 3. The number of aliphatic hydroxyl groups excluding tert-OH is 1. The topological polar surface area (TPSA) is 108 Å². The van der Waals surface area contributed by atoms with E-state index in [1.807, 2.05) is 18.2 Å². The highest BCUT2D eigenvalue weighted by molar-refractivity contribution is 5.79. The molecule has 0 aliphatic carbocycles. The SMILES string of the molecule is N#Cc1cn2c(NCc3c(F)ccc4c3CCO4)ncc(-c3ccc4c(c3)CCNC4O)c2n1. The lowest BCUT2D eigenvalue weighted by molar-refractivity contribution is 0.132. The van der Waals surface area contributed by atoms with E-state index < -0.39 is 6.23 Å². The molecule has 4 aromatic rings. The minimum absolute atomic E-state index is 0.226. The molecule has 0 saturated heterocycles. The van der Waals surface area contributed by atoms with Crippen LogP contribution in [0.25, 0.3) is 16.8 Å². The number of benzene rings is 2. The molecule has 2 aromatic carbocycles. The minimum Gasteiger partial charge on any atom is -0.493 e. The molecule has 0 amide bonds. The molecule has 2 aromatic heterocycles. The Morgan fingerprint density at radius 3 is 3.09 bits per heavy atom. The van der Waals surface area contributed by atoms with Gasteiger partial charge in [-0.05, 0) is 35.2 Å². The molecule has 1 unspecified atom stereocenters. The third-order valence-electron chi connectivity index (χ3n) is 6.45. The lowest BCUT2D eigenvalue weighted by Gasteiger charge is -2.23. The van der Waals surface area contributed by atoms with Crippen LogP contribution in [-0.2, 0) is 19.4 Å². The van der Waals surface area contributed by atoms with Crippen LogP contribution >= 0.6 is 0 Å². The quantitative estimate of drug-likeness (QED) is 0.433. The molecule has 1 atom stereocenters. The molecule has 170 valence electrons. The van der Waals surface area contributed by atoms with Crippen LogP contribution in [0.2, 0.25) is 0 Å². The Labute approximate surface area is 194 Å². The summed E-state index contributed by atoms with van der Waals surface area (Å²) in [4.78, 5) is 9.07. The summed E-state index contributed by atoms with van der Waals surface area (Å²) in [7, 11) is 0. The summed E-state index contributed by atoms with van der Waals surface area (Å²) in [5, 5.41) is 25.9. The Morgan fingerprint density at radius 2 is 2.21 bits per heavy atom. The van der Waals surface area contributed by atoms with E-state index in [1.54, 1.807) is 22.9 Å². The average molecular weight is 456 g/mol. The number of nitriles is 1. The predicted molar refractivity (Wildman–Crippen MR) is 123 cm³/mol. The lowest BCUT2D eigenvalue weighted by Crippen LogP contribution is -2.29. The first-order chi connectivity index (χ1) is 16.6. The second-order valence-electron chi connectivity index (χ2n) is 8.40. The van der Waals surface area contributed by atoms with Crippen LogP contribution in [0.15, 0.2) is 42.7 Å². The molecule has 0 bridgehead atoms. The van der Waals surface area contributed by atoms with E-state index in [2.05, 4.69) is 26.7 Å². The molecule has 2 aliphatic heterocycles. The van der Waals surface area contributed by atoms with Gasteiger partial charge in [-0.1, -0.05) is 18.2 Å². The van der Waals surface area contributed by atoms with Crippen molar-refractivity contribution >= 4 is 11.6 Å². The number of rotatable bonds is 4. The van der Waals surface area contributed by atoms with Crippen LogP contribution in [-0.4, -0.2) is 32.6 Å². The summed E-state index contributed by atoms with van der Waals surface area (Å²) in [6, 6.07) is 11.0. The van der Waals surface area contributed by atoms with Gasteiger partial charge in [-0.3, -0.25) is 9.72 Å². The normalized spacial score (nSPS) is 16.6. The second kappa shape index (κ2) is 8.09. The number of ether oxygens (including phenoxy) is 1. The zero-order chi connectivity index (χ0) is 23.2.